The van der Waals surface area contributed by atoms with E-state index in [1.807, 2.05) is 25.1 Å². The first-order valence-corrected chi connectivity index (χ1v) is 14.1. The van der Waals surface area contributed by atoms with E-state index in [-0.39, 0.29) is 23.0 Å². The Bertz CT molecular complexity index is 1600. The Kier molecular flexibility index (Phi) is 7.17. The minimum absolute atomic E-state index is 0.0315. The summed E-state index contributed by atoms with van der Waals surface area (Å²) in [6.07, 6.45) is 2.40. The predicted octanol–water partition coefficient (Wildman–Crippen LogP) is 5.18. The van der Waals surface area contributed by atoms with Crippen molar-refractivity contribution in [2.45, 2.75) is 57.3 Å². The van der Waals surface area contributed by atoms with Crippen molar-refractivity contribution in [3.63, 3.8) is 0 Å². The van der Waals surface area contributed by atoms with Crippen molar-refractivity contribution in [1.29, 1.82) is 0 Å². The third-order valence-corrected chi connectivity index (χ3v) is 8.48. The lowest BCUT2D eigenvalue weighted by Gasteiger charge is -2.10. The monoisotopic (exact) mass is 551 g/mol. The van der Waals surface area contributed by atoms with Crippen LogP contribution in [0.2, 0.25) is 0 Å². The van der Waals surface area contributed by atoms with Gasteiger partial charge in [0, 0.05) is 17.7 Å². The Hall–Kier alpha value is -4.12. The summed E-state index contributed by atoms with van der Waals surface area (Å²) in [4.78, 5) is 15.7. The number of nitrogens with zero attached hydrogens (tertiary/aromatic N) is 2. The second-order valence-electron chi connectivity index (χ2n) is 9.65. The average molecular weight is 552 g/mol. The molecule has 204 valence electrons. The molecule has 0 radical (unpaired) electrons. The third-order valence-electron chi connectivity index (χ3n) is 6.86. The summed E-state index contributed by atoms with van der Waals surface area (Å²) in [5.41, 5.74) is 4.42. The summed E-state index contributed by atoms with van der Waals surface area (Å²) in [6, 6.07) is 12.6. The topological polar surface area (TPSA) is 145 Å². The van der Waals surface area contributed by atoms with E-state index in [1.165, 1.54) is 0 Å². The summed E-state index contributed by atoms with van der Waals surface area (Å²) in [6.45, 7) is 5.38. The number of hydrogen-bond donors (Lipinski definition) is 2. The molecule has 2 N–H and O–H groups in total. The van der Waals surface area contributed by atoms with E-state index in [0.717, 1.165) is 35.4 Å². The quantitative estimate of drug-likeness (QED) is 0.272. The molecule has 0 saturated carbocycles. The normalized spacial score (nSPS) is 14.8. The summed E-state index contributed by atoms with van der Waals surface area (Å²) >= 11 is 0. The smallest absolute Gasteiger partial charge is 0.303 e. The van der Waals surface area contributed by atoms with Crippen molar-refractivity contribution < 1.29 is 32.0 Å². The van der Waals surface area contributed by atoms with Crippen LogP contribution in [0.15, 0.2) is 56.3 Å². The van der Waals surface area contributed by atoms with E-state index < -0.39 is 16.0 Å². The number of nitrogens with one attached hydrogen (secondary N) is 1. The number of oxazole rings is 1. The Morgan fingerprint density at radius 1 is 1.13 bits per heavy atom. The molecule has 11 heteroatoms. The largest absolute Gasteiger partial charge is 0.493 e. The van der Waals surface area contributed by atoms with Gasteiger partial charge >= 0.3 is 5.97 Å². The van der Waals surface area contributed by atoms with E-state index in [9.17, 15) is 13.2 Å². The molecule has 2 heterocycles. The molecule has 2 aromatic heterocycles. The van der Waals surface area contributed by atoms with Crippen LogP contribution in [0.3, 0.4) is 0 Å². The standard InChI is InChI=1S/C28H29N3O7S/c1-16-27(18(3)38-30-16)39(34,35)31-22-8-6-19(7-9-22)28-29-25(17(2)37-28)12-13-36-23-10-11-24-20(14-23)4-5-21(24)15-26(32)33/h6-11,14,21,31H,4-5,12-13,15H2,1-3H3,(H,32,33)/t21-/m0/s1. The Morgan fingerprint density at radius 2 is 1.90 bits per heavy atom. The summed E-state index contributed by atoms with van der Waals surface area (Å²) in [5.74, 6) is 1.39. The summed E-state index contributed by atoms with van der Waals surface area (Å²) in [5, 5.41) is 12.8. The summed E-state index contributed by atoms with van der Waals surface area (Å²) < 4.78 is 44.8. The zero-order chi connectivity index (χ0) is 27.7. The molecule has 0 unspecified atom stereocenters. The van der Waals surface area contributed by atoms with Gasteiger partial charge in [0.2, 0.25) is 5.89 Å². The Labute approximate surface area is 226 Å². The van der Waals surface area contributed by atoms with Gasteiger partial charge in [-0.1, -0.05) is 11.2 Å². The first kappa shape index (κ1) is 26.5. The molecule has 2 aromatic carbocycles. The van der Waals surface area contributed by atoms with Gasteiger partial charge in [-0.05, 0) is 87.1 Å². The number of aliphatic carboxylic acids is 1. The van der Waals surface area contributed by atoms with Gasteiger partial charge < -0.3 is 18.8 Å². The number of carbonyl (C=O) groups is 1. The lowest BCUT2D eigenvalue weighted by Crippen LogP contribution is -2.14. The predicted molar refractivity (Wildman–Crippen MR) is 142 cm³/mol. The van der Waals surface area contributed by atoms with Crippen LogP contribution in [0.5, 0.6) is 5.75 Å². The average Bonchev–Trinajstić information content (AvgIpc) is 3.56. The van der Waals surface area contributed by atoms with Crippen LogP contribution in [0, 0.1) is 20.8 Å². The number of aromatic nitrogens is 2. The molecule has 0 saturated heterocycles. The lowest BCUT2D eigenvalue weighted by molar-refractivity contribution is -0.137. The van der Waals surface area contributed by atoms with Crippen LogP contribution in [0.1, 0.15) is 52.8 Å². The molecule has 1 atom stereocenters. The second-order valence-corrected chi connectivity index (χ2v) is 11.3. The van der Waals surface area contributed by atoms with Gasteiger partial charge in [-0.3, -0.25) is 9.52 Å². The van der Waals surface area contributed by atoms with Gasteiger partial charge in [0.15, 0.2) is 10.7 Å². The maximum atomic E-state index is 12.7. The molecule has 0 amide bonds. The number of aryl methyl sites for hydroxylation is 4. The van der Waals surface area contributed by atoms with Crippen molar-refractivity contribution in [2.75, 3.05) is 11.3 Å². The minimum Gasteiger partial charge on any atom is -0.493 e. The highest BCUT2D eigenvalue weighted by Crippen LogP contribution is 2.37. The molecule has 0 aliphatic heterocycles. The van der Waals surface area contributed by atoms with E-state index in [4.69, 9.17) is 18.8 Å². The van der Waals surface area contributed by atoms with Crippen LogP contribution in [0.25, 0.3) is 11.5 Å². The van der Waals surface area contributed by atoms with Crippen molar-refractivity contribution in [3.8, 4) is 17.2 Å². The number of carboxylic acids is 1. The van der Waals surface area contributed by atoms with Gasteiger partial charge in [0.1, 0.15) is 17.2 Å². The zero-order valence-corrected chi connectivity index (χ0v) is 22.7. The molecule has 0 bridgehead atoms. The molecule has 1 aliphatic rings. The van der Waals surface area contributed by atoms with Crippen LogP contribution in [-0.4, -0.2) is 36.2 Å². The van der Waals surface area contributed by atoms with Gasteiger partial charge in [0.05, 0.1) is 18.7 Å². The summed E-state index contributed by atoms with van der Waals surface area (Å²) in [7, 11) is -3.84. The van der Waals surface area contributed by atoms with Gasteiger partial charge in [-0.25, -0.2) is 13.4 Å². The van der Waals surface area contributed by atoms with E-state index in [0.29, 0.717) is 41.6 Å². The van der Waals surface area contributed by atoms with Gasteiger partial charge in [0.25, 0.3) is 10.0 Å². The van der Waals surface area contributed by atoms with Crippen molar-refractivity contribution in [3.05, 3.63) is 76.5 Å². The first-order chi connectivity index (χ1) is 18.6. The number of hydrogen-bond acceptors (Lipinski definition) is 8. The Morgan fingerprint density at radius 3 is 2.59 bits per heavy atom. The first-order valence-electron chi connectivity index (χ1n) is 12.6. The fraction of sp³-hybridized carbons (Fsp3) is 0.321. The molecule has 1 aliphatic carbocycles. The van der Waals surface area contributed by atoms with E-state index >= 15 is 0 Å². The number of sulfonamides is 1. The molecule has 0 fully saturated rings. The SMILES string of the molecule is Cc1noc(C)c1S(=O)(=O)Nc1ccc(-c2nc(CCOc3ccc4c(c3)CC[C@H]4CC(=O)O)c(C)o2)cc1. The highest BCUT2D eigenvalue weighted by Gasteiger charge is 2.26. The highest BCUT2D eigenvalue weighted by molar-refractivity contribution is 7.92. The fourth-order valence-electron chi connectivity index (χ4n) is 4.99. The maximum absolute atomic E-state index is 12.7. The maximum Gasteiger partial charge on any atom is 0.303 e. The number of anilines is 1. The molecule has 5 rings (SSSR count). The highest BCUT2D eigenvalue weighted by atomic mass is 32.2. The number of benzene rings is 2. The van der Waals surface area contributed by atoms with Gasteiger partial charge in [-0.15, -0.1) is 0 Å². The molecular formula is C28H29N3O7S. The van der Waals surface area contributed by atoms with Crippen molar-refractivity contribution in [2.24, 2.45) is 0 Å². The third kappa shape index (κ3) is 5.68. The van der Waals surface area contributed by atoms with Gasteiger partial charge in [-0.2, -0.15) is 0 Å². The van der Waals surface area contributed by atoms with Crippen LogP contribution < -0.4 is 9.46 Å². The molecular weight excluding hydrogens is 522 g/mol. The zero-order valence-electron chi connectivity index (χ0n) is 21.9. The number of ether oxygens (including phenoxy) is 1. The molecule has 39 heavy (non-hydrogen) atoms. The second kappa shape index (κ2) is 10.6. The molecule has 0 spiro atoms. The van der Waals surface area contributed by atoms with Crippen LogP contribution >= 0.6 is 0 Å². The van der Waals surface area contributed by atoms with Crippen LogP contribution in [-0.2, 0) is 27.7 Å². The lowest BCUT2D eigenvalue weighted by atomic mass is 9.98. The minimum atomic E-state index is -3.84. The Balaban J connectivity index is 1.20. The fourth-order valence-corrected chi connectivity index (χ4v) is 6.38. The van der Waals surface area contributed by atoms with E-state index in [2.05, 4.69) is 14.9 Å². The number of carboxylic acid groups (broad SMARTS) is 1. The molecule has 4 aromatic rings. The number of rotatable bonds is 10. The van der Waals surface area contributed by atoms with Crippen molar-refractivity contribution in [1.82, 2.24) is 10.1 Å². The number of fused-ring (bicyclic) bond motifs is 1. The molecule has 10 nitrogen and oxygen atoms in total. The van der Waals surface area contributed by atoms with E-state index in [1.54, 1.807) is 38.1 Å². The van der Waals surface area contributed by atoms with Crippen molar-refractivity contribution >= 4 is 21.7 Å². The van der Waals surface area contributed by atoms with Crippen LogP contribution in [0.4, 0.5) is 5.69 Å².